The first-order valence-corrected chi connectivity index (χ1v) is 3.09. The maximum Gasteiger partial charge on any atom is 0.318 e. The zero-order chi connectivity index (χ0) is 8.27. The van der Waals surface area contributed by atoms with E-state index < -0.39 is 6.03 Å². The summed E-state index contributed by atoms with van der Waals surface area (Å²) < 4.78 is 0. The molecular formula is C5H10Cl2N4O2. The second-order valence-corrected chi connectivity index (χ2v) is 2.02. The molecular weight excluding hydrogens is 219 g/mol. The van der Waals surface area contributed by atoms with Gasteiger partial charge in [0.05, 0.1) is 6.54 Å². The SMILES string of the molecule is Cl.Cl.NC(=O)NC1=NCCC(=O)N1. The molecule has 1 heterocycles. The van der Waals surface area contributed by atoms with Gasteiger partial charge in [-0.25, -0.2) is 4.79 Å². The Balaban J connectivity index is 0. The van der Waals surface area contributed by atoms with Gasteiger partial charge in [-0.05, 0) is 0 Å². The van der Waals surface area contributed by atoms with E-state index in [1.165, 1.54) is 0 Å². The summed E-state index contributed by atoms with van der Waals surface area (Å²) in [5.41, 5.74) is 4.79. The summed E-state index contributed by atoms with van der Waals surface area (Å²) in [6, 6.07) is -0.731. The first kappa shape index (κ1) is 14.5. The largest absolute Gasteiger partial charge is 0.351 e. The van der Waals surface area contributed by atoms with Crippen molar-refractivity contribution in [2.24, 2.45) is 10.7 Å². The van der Waals surface area contributed by atoms with Gasteiger partial charge in [0, 0.05) is 6.42 Å². The third-order valence-corrected chi connectivity index (χ3v) is 1.11. The number of nitrogens with zero attached hydrogens (tertiary/aromatic N) is 1. The molecule has 0 radical (unpaired) electrons. The zero-order valence-corrected chi connectivity index (χ0v) is 8.20. The van der Waals surface area contributed by atoms with Gasteiger partial charge in [-0.1, -0.05) is 0 Å². The Labute approximate surface area is 87.2 Å². The van der Waals surface area contributed by atoms with Crippen LogP contribution in [0.15, 0.2) is 4.99 Å². The second-order valence-electron chi connectivity index (χ2n) is 2.02. The van der Waals surface area contributed by atoms with E-state index in [-0.39, 0.29) is 36.7 Å². The van der Waals surface area contributed by atoms with Gasteiger partial charge in [-0.3, -0.25) is 20.4 Å². The number of carbonyl (C=O) groups is 2. The highest BCUT2D eigenvalue weighted by atomic mass is 35.5. The van der Waals surface area contributed by atoms with E-state index in [0.29, 0.717) is 13.0 Å². The highest BCUT2D eigenvalue weighted by Gasteiger charge is 2.11. The molecule has 0 aromatic heterocycles. The van der Waals surface area contributed by atoms with E-state index in [0.717, 1.165) is 0 Å². The fourth-order valence-electron chi connectivity index (χ4n) is 0.691. The van der Waals surface area contributed by atoms with Crippen LogP contribution in [-0.4, -0.2) is 24.4 Å². The molecule has 0 atom stereocenters. The molecule has 1 aliphatic rings. The minimum absolute atomic E-state index is 0. The van der Waals surface area contributed by atoms with Crippen molar-refractivity contribution < 1.29 is 9.59 Å². The molecule has 1 aliphatic heterocycles. The van der Waals surface area contributed by atoms with Gasteiger partial charge in [-0.15, -0.1) is 24.8 Å². The molecule has 0 saturated carbocycles. The van der Waals surface area contributed by atoms with E-state index in [2.05, 4.69) is 15.6 Å². The molecule has 6 nitrogen and oxygen atoms in total. The van der Waals surface area contributed by atoms with Gasteiger partial charge in [0.25, 0.3) is 0 Å². The van der Waals surface area contributed by atoms with Crippen LogP contribution in [0.4, 0.5) is 4.79 Å². The van der Waals surface area contributed by atoms with Gasteiger partial charge in [0.2, 0.25) is 11.9 Å². The number of urea groups is 1. The number of aliphatic imine (C=N–C) groups is 1. The fraction of sp³-hybridized carbons (Fsp3) is 0.400. The van der Waals surface area contributed by atoms with Crippen LogP contribution in [-0.2, 0) is 4.79 Å². The topological polar surface area (TPSA) is 96.6 Å². The summed E-state index contributed by atoms with van der Waals surface area (Å²) in [4.78, 5) is 24.7. The number of guanidine groups is 1. The summed E-state index contributed by atoms with van der Waals surface area (Å²) in [6.07, 6.45) is 0.351. The fourth-order valence-corrected chi connectivity index (χ4v) is 0.691. The van der Waals surface area contributed by atoms with Crippen molar-refractivity contribution in [3.8, 4) is 0 Å². The molecule has 13 heavy (non-hydrogen) atoms. The van der Waals surface area contributed by atoms with Gasteiger partial charge in [-0.2, -0.15) is 0 Å². The number of carbonyl (C=O) groups excluding carboxylic acids is 2. The van der Waals surface area contributed by atoms with Crippen molar-refractivity contribution in [3.05, 3.63) is 0 Å². The number of nitrogens with two attached hydrogens (primary N) is 1. The Morgan fingerprint density at radius 1 is 1.54 bits per heavy atom. The molecule has 0 fully saturated rings. The van der Waals surface area contributed by atoms with Gasteiger partial charge >= 0.3 is 6.03 Å². The minimum atomic E-state index is -0.731. The molecule has 76 valence electrons. The summed E-state index contributed by atoms with van der Waals surface area (Å²) in [6.45, 7) is 0.390. The van der Waals surface area contributed by atoms with Crippen molar-refractivity contribution in [2.45, 2.75) is 6.42 Å². The van der Waals surface area contributed by atoms with E-state index in [9.17, 15) is 9.59 Å². The Hall–Kier alpha value is -1.01. The lowest BCUT2D eigenvalue weighted by Gasteiger charge is -2.11. The van der Waals surface area contributed by atoms with Gasteiger partial charge in [0.1, 0.15) is 0 Å². The normalized spacial score (nSPS) is 14.2. The molecule has 0 aromatic carbocycles. The van der Waals surface area contributed by atoms with E-state index in [1.807, 2.05) is 0 Å². The summed E-state index contributed by atoms with van der Waals surface area (Å²) >= 11 is 0. The molecule has 1 rings (SSSR count). The average molecular weight is 229 g/mol. The van der Waals surface area contributed by atoms with Crippen LogP contribution in [0.5, 0.6) is 0 Å². The molecule has 0 aliphatic carbocycles. The van der Waals surface area contributed by atoms with Crippen molar-refractivity contribution in [2.75, 3.05) is 6.54 Å². The Morgan fingerprint density at radius 2 is 2.15 bits per heavy atom. The highest BCUT2D eigenvalue weighted by Crippen LogP contribution is 1.88. The minimum Gasteiger partial charge on any atom is -0.351 e. The molecule has 8 heteroatoms. The monoisotopic (exact) mass is 228 g/mol. The molecule has 0 bridgehead atoms. The van der Waals surface area contributed by atoms with Crippen LogP contribution in [0.2, 0.25) is 0 Å². The predicted molar refractivity (Wildman–Crippen MR) is 52.3 cm³/mol. The van der Waals surface area contributed by atoms with Crippen molar-refractivity contribution in [1.82, 2.24) is 10.6 Å². The lowest BCUT2D eigenvalue weighted by atomic mass is 10.4. The predicted octanol–water partition coefficient (Wildman–Crippen LogP) is -0.626. The highest BCUT2D eigenvalue weighted by molar-refractivity contribution is 6.04. The maximum absolute atomic E-state index is 10.7. The molecule has 0 saturated heterocycles. The first-order chi connectivity index (χ1) is 5.18. The number of rotatable bonds is 0. The third-order valence-electron chi connectivity index (χ3n) is 1.11. The Morgan fingerprint density at radius 3 is 2.62 bits per heavy atom. The number of hydrogen-bond donors (Lipinski definition) is 3. The molecule has 4 N–H and O–H groups in total. The molecule has 0 spiro atoms. The quantitative estimate of drug-likeness (QED) is 0.515. The zero-order valence-electron chi connectivity index (χ0n) is 6.57. The summed E-state index contributed by atoms with van der Waals surface area (Å²) in [5.74, 6) is -0.0301. The summed E-state index contributed by atoms with van der Waals surface area (Å²) in [5, 5.41) is 4.52. The lowest BCUT2D eigenvalue weighted by molar-refractivity contribution is -0.119. The van der Waals surface area contributed by atoms with Crippen molar-refractivity contribution in [3.63, 3.8) is 0 Å². The lowest BCUT2D eigenvalue weighted by Crippen LogP contribution is -2.48. The second kappa shape index (κ2) is 6.50. The first-order valence-electron chi connectivity index (χ1n) is 3.09. The van der Waals surface area contributed by atoms with Crippen LogP contribution in [0, 0.1) is 0 Å². The smallest absolute Gasteiger partial charge is 0.318 e. The molecule has 3 amide bonds. The van der Waals surface area contributed by atoms with Crippen LogP contribution >= 0.6 is 24.8 Å². The van der Waals surface area contributed by atoms with E-state index in [1.54, 1.807) is 0 Å². The van der Waals surface area contributed by atoms with Crippen LogP contribution < -0.4 is 16.4 Å². The third kappa shape index (κ3) is 5.26. The van der Waals surface area contributed by atoms with E-state index >= 15 is 0 Å². The van der Waals surface area contributed by atoms with Crippen LogP contribution in [0.3, 0.4) is 0 Å². The average Bonchev–Trinajstić information content (AvgIpc) is 1.85. The van der Waals surface area contributed by atoms with Crippen molar-refractivity contribution >= 4 is 42.7 Å². The molecule has 0 unspecified atom stereocenters. The summed E-state index contributed by atoms with van der Waals surface area (Å²) in [7, 11) is 0. The van der Waals surface area contributed by atoms with Crippen LogP contribution in [0.25, 0.3) is 0 Å². The molecule has 0 aromatic rings. The number of halogens is 2. The van der Waals surface area contributed by atoms with Crippen LogP contribution in [0.1, 0.15) is 6.42 Å². The van der Waals surface area contributed by atoms with Gasteiger partial charge in [0.15, 0.2) is 0 Å². The van der Waals surface area contributed by atoms with Crippen molar-refractivity contribution in [1.29, 1.82) is 0 Å². The Bertz CT molecular complexity index is 231. The van der Waals surface area contributed by atoms with Gasteiger partial charge < -0.3 is 5.73 Å². The van der Waals surface area contributed by atoms with E-state index in [4.69, 9.17) is 5.73 Å². The standard InChI is InChI=1S/C5H8N4O2.2ClH/c6-4(11)9-5-7-2-1-3(10)8-5;;/h1-2H2,(H4,6,7,8,9,10,11);2*1H. The number of hydrogen-bond acceptors (Lipinski definition) is 3. The number of primary amides is 1. The Kier molecular flexibility index (Phi) is 7.26. The number of nitrogens with one attached hydrogen (secondary N) is 2. The number of amides is 3. The maximum atomic E-state index is 10.7.